The molecule has 8 heteroatoms. The standard InChI is InChI=1S/C15H20N4O4/c20-12-9-18(8-11(12)19-3-6-21-7-4-19)10-14-16-15(17-23-14)13-2-1-5-22-13/h1-2,5,11-12,20H,3-4,6-10H2. The summed E-state index contributed by atoms with van der Waals surface area (Å²) < 4.78 is 15.9. The fraction of sp³-hybridized carbons (Fsp3) is 0.600. The average Bonchev–Trinajstić information content (AvgIpc) is 3.29. The molecule has 2 aliphatic rings. The second kappa shape index (κ2) is 6.40. The maximum atomic E-state index is 10.3. The number of nitrogens with zero attached hydrogens (tertiary/aromatic N) is 4. The lowest BCUT2D eigenvalue weighted by Crippen LogP contribution is -2.48. The molecule has 2 aliphatic heterocycles. The molecule has 4 rings (SSSR count). The highest BCUT2D eigenvalue weighted by Crippen LogP contribution is 2.21. The molecule has 0 aliphatic carbocycles. The molecule has 2 aromatic rings. The van der Waals surface area contributed by atoms with E-state index in [1.807, 2.05) is 0 Å². The second-order valence-electron chi connectivity index (χ2n) is 5.97. The summed E-state index contributed by atoms with van der Waals surface area (Å²) in [6.07, 6.45) is 1.22. The number of hydrogen-bond acceptors (Lipinski definition) is 8. The van der Waals surface area contributed by atoms with Gasteiger partial charge in [-0.05, 0) is 12.1 Å². The average molecular weight is 320 g/mol. The number of β-amino-alcohol motifs (C(OH)–C–C–N with tert-alkyl or cyclic N) is 1. The first-order valence-electron chi connectivity index (χ1n) is 7.88. The van der Waals surface area contributed by atoms with E-state index in [0.717, 1.165) is 32.8 Å². The minimum Gasteiger partial charge on any atom is -0.461 e. The Morgan fingerprint density at radius 1 is 1.26 bits per heavy atom. The minimum absolute atomic E-state index is 0.145. The van der Waals surface area contributed by atoms with Crippen molar-refractivity contribution in [2.75, 3.05) is 39.4 Å². The van der Waals surface area contributed by atoms with Gasteiger partial charge in [0.15, 0.2) is 5.76 Å². The second-order valence-corrected chi connectivity index (χ2v) is 5.97. The van der Waals surface area contributed by atoms with Crippen molar-refractivity contribution in [2.24, 2.45) is 0 Å². The fourth-order valence-electron chi connectivity index (χ4n) is 3.26. The normalized spacial score (nSPS) is 26.8. The van der Waals surface area contributed by atoms with E-state index in [-0.39, 0.29) is 12.1 Å². The summed E-state index contributed by atoms with van der Waals surface area (Å²) in [6, 6.07) is 3.73. The largest absolute Gasteiger partial charge is 0.461 e. The SMILES string of the molecule is OC1CN(Cc2nc(-c3ccco3)no2)CC1N1CCOCC1. The summed E-state index contributed by atoms with van der Waals surface area (Å²) in [5, 5.41) is 14.3. The summed E-state index contributed by atoms with van der Waals surface area (Å²) in [5.74, 6) is 1.58. The predicted octanol–water partition coefficient (Wildman–Crippen LogP) is 0.207. The molecule has 0 spiro atoms. The Morgan fingerprint density at radius 2 is 2.13 bits per heavy atom. The molecule has 0 radical (unpaired) electrons. The Balaban J connectivity index is 1.38. The predicted molar refractivity (Wildman–Crippen MR) is 79.5 cm³/mol. The quantitative estimate of drug-likeness (QED) is 0.855. The van der Waals surface area contributed by atoms with Crippen LogP contribution in [0.1, 0.15) is 5.89 Å². The number of rotatable bonds is 4. The van der Waals surface area contributed by atoms with Crippen molar-refractivity contribution in [3.63, 3.8) is 0 Å². The van der Waals surface area contributed by atoms with E-state index in [1.165, 1.54) is 0 Å². The van der Waals surface area contributed by atoms with Crippen LogP contribution in [0.5, 0.6) is 0 Å². The van der Waals surface area contributed by atoms with Gasteiger partial charge in [0.2, 0.25) is 11.7 Å². The number of aliphatic hydroxyl groups is 1. The number of ether oxygens (including phenoxy) is 1. The number of aromatic nitrogens is 2. The van der Waals surface area contributed by atoms with E-state index in [0.29, 0.717) is 30.6 Å². The zero-order valence-electron chi connectivity index (χ0n) is 12.8. The third-order valence-corrected chi connectivity index (χ3v) is 4.42. The van der Waals surface area contributed by atoms with E-state index < -0.39 is 0 Å². The monoisotopic (exact) mass is 320 g/mol. The molecule has 0 aromatic carbocycles. The molecular formula is C15H20N4O4. The van der Waals surface area contributed by atoms with Crippen molar-refractivity contribution in [3.05, 3.63) is 24.3 Å². The van der Waals surface area contributed by atoms with Gasteiger partial charge >= 0.3 is 0 Å². The first-order valence-corrected chi connectivity index (χ1v) is 7.88. The maximum Gasteiger partial charge on any atom is 0.241 e. The minimum atomic E-state index is -0.361. The Bertz CT molecular complexity index is 623. The lowest BCUT2D eigenvalue weighted by Gasteiger charge is -2.33. The van der Waals surface area contributed by atoms with Crippen LogP contribution in [0.4, 0.5) is 0 Å². The first kappa shape index (κ1) is 14.8. The zero-order chi connectivity index (χ0) is 15.6. The summed E-state index contributed by atoms with van der Waals surface area (Å²) in [4.78, 5) is 8.80. The van der Waals surface area contributed by atoms with E-state index in [2.05, 4.69) is 19.9 Å². The Labute approximate surface area is 133 Å². The third-order valence-electron chi connectivity index (χ3n) is 4.42. The summed E-state index contributed by atoms with van der Waals surface area (Å²) in [7, 11) is 0. The van der Waals surface area contributed by atoms with E-state index >= 15 is 0 Å². The molecule has 2 aromatic heterocycles. The number of morpholine rings is 1. The summed E-state index contributed by atoms with van der Waals surface area (Å²) >= 11 is 0. The molecule has 0 bridgehead atoms. The van der Waals surface area contributed by atoms with E-state index in [9.17, 15) is 5.11 Å². The van der Waals surface area contributed by atoms with E-state index in [4.69, 9.17) is 13.7 Å². The van der Waals surface area contributed by atoms with Crippen molar-refractivity contribution in [2.45, 2.75) is 18.7 Å². The summed E-state index contributed by atoms with van der Waals surface area (Å²) in [5.41, 5.74) is 0. The molecule has 124 valence electrons. The Hall–Kier alpha value is -1.74. The highest BCUT2D eigenvalue weighted by molar-refractivity contribution is 5.44. The number of hydrogen-bond donors (Lipinski definition) is 1. The lowest BCUT2D eigenvalue weighted by molar-refractivity contribution is -0.00620. The van der Waals surface area contributed by atoms with Gasteiger partial charge in [0, 0.05) is 32.2 Å². The Morgan fingerprint density at radius 3 is 2.91 bits per heavy atom. The topological polar surface area (TPSA) is 88.0 Å². The maximum absolute atomic E-state index is 10.3. The molecule has 1 N–H and O–H groups in total. The zero-order valence-corrected chi connectivity index (χ0v) is 12.8. The lowest BCUT2D eigenvalue weighted by atomic mass is 10.2. The molecule has 8 nitrogen and oxygen atoms in total. The van der Waals surface area contributed by atoms with Gasteiger partial charge in [0.05, 0.1) is 32.1 Å². The molecule has 0 amide bonds. The smallest absolute Gasteiger partial charge is 0.241 e. The highest BCUT2D eigenvalue weighted by Gasteiger charge is 2.36. The van der Waals surface area contributed by atoms with E-state index in [1.54, 1.807) is 18.4 Å². The van der Waals surface area contributed by atoms with Gasteiger partial charge in [-0.15, -0.1) is 0 Å². The van der Waals surface area contributed by atoms with Crippen molar-refractivity contribution in [1.29, 1.82) is 0 Å². The highest BCUT2D eigenvalue weighted by atomic mass is 16.5. The molecule has 2 atom stereocenters. The molecule has 23 heavy (non-hydrogen) atoms. The van der Waals surface area contributed by atoms with Crippen LogP contribution in [0, 0.1) is 0 Å². The van der Waals surface area contributed by atoms with Crippen LogP contribution < -0.4 is 0 Å². The van der Waals surface area contributed by atoms with Crippen LogP contribution in [0.15, 0.2) is 27.3 Å². The van der Waals surface area contributed by atoms with Crippen molar-refractivity contribution < 1.29 is 18.8 Å². The molecular weight excluding hydrogens is 300 g/mol. The molecule has 2 unspecified atom stereocenters. The number of aliphatic hydroxyl groups excluding tert-OH is 1. The third kappa shape index (κ3) is 3.16. The number of furan rings is 1. The van der Waals surface area contributed by atoms with Crippen LogP contribution >= 0.6 is 0 Å². The van der Waals surface area contributed by atoms with Gasteiger partial charge in [-0.3, -0.25) is 9.80 Å². The van der Waals surface area contributed by atoms with Crippen LogP contribution in [0.2, 0.25) is 0 Å². The molecule has 0 saturated carbocycles. The molecule has 2 saturated heterocycles. The molecule has 2 fully saturated rings. The van der Waals surface area contributed by atoms with Crippen LogP contribution in [-0.4, -0.2) is 76.6 Å². The van der Waals surface area contributed by atoms with Gasteiger partial charge in [-0.1, -0.05) is 5.16 Å². The van der Waals surface area contributed by atoms with Gasteiger partial charge in [-0.25, -0.2) is 0 Å². The van der Waals surface area contributed by atoms with Crippen LogP contribution in [0.3, 0.4) is 0 Å². The van der Waals surface area contributed by atoms with Gasteiger partial charge in [-0.2, -0.15) is 4.98 Å². The van der Waals surface area contributed by atoms with Gasteiger partial charge in [0.25, 0.3) is 0 Å². The fourth-order valence-corrected chi connectivity index (χ4v) is 3.26. The van der Waals surface area contributed by atoms with Crippen molar-refractivity contribution >= 4 is 0 Å². The number of likely N-dealkylation sites (tertiary alicyclic amines) is 1. The molecule has 4 heterocycles. The van der Waals surface area contributed by atoms with Crippen molar-refractivity contribution in [1.82, 2.24) is 19.9 Å². The van der Waals surface area contributed by atoms with Gasteiger partial charge in [0.1, 0.15) is 0 Å². The van der Waals surface area contributed by atoms with Crippen molar-refractivity contribution in [3.8, 4) is 11.6 Å². The Kier molecular flexibility index (Phi) is 4.13. The summed E-state index contributed by atoms with van der Waals surface area (Å²) in [6.45, 7) is 5.15. The van der Waals surface area contributed by atoms with Gasteiger partial charge < -0.3 is 18.8 Å². The van der Waals surface area contributed by atoms with Crippen LogP contribution in [-0.2, 0) is 11.3 Å². The van der Waals surface area contributed by atoms with Crippen LogP contribution in [0.25, 0.3) is 11.6 Å². The first-order chi connectivity index (χ1) is 11.3.